The number of amides is 2. The summed E-state index contributed by atoms with van der Waals surface area (Å²) in [6.45, 7) is -0.453. The van der Waals surface area contributed by atoms with Crippen molar-refractivity contribution in [3.8, 4) is 0 Å². The molecule has 9 heteroatoms. The Morgan fingerprint density at radius 1 is 1.14 bits per heavy atom. The number of esters is 1. The van der Waals surface area contributed by atoms with Crippen molar-refractivity contribution in [2.45, 2.75) is 4.90 Å². The molecule has 2 aromatic carbocycles. The number of halogens is 1. The summed E-state index contributed by atoms with van der Waals surface area (Å²) in [5.41, 5.74) is 5.44. The van der Waals surface area contributed by atoms with E-state index in [9.17, 15) is 14.4 Å². The molecule has 0 aliphatic rings. The number of rotatable bonds is 7. The van der Waals surface area contributed by atoms with Crippen LogP contribution in [0.1, 0.15) is 10.4 Å². The lowest BCUT2D eigenvalue weighted by Gasteiger charge is -2.08. The summed E-state index contributed by atoms with van der Waals surface area (Å²) in [6.07, 6.45) is 0. The zero-order valence-corrected chi connectivity index (χ0v) is 16.8. The van der Waals surface area contributed by atoms with E-state index in [-0.39, 0.29) is 11.3 Å². The van der Waals surface area contributed by atoms with Crippen LogP contribution in [-0.4, -0.2) is 30.1 Å². The largest absolute Gasteiger partial charge is 0.455 e. The highest BCUT2D eigenvalue weighted by Crippen LogP contribution is 2.33. The Kier molecular flexibility index (Phi) is 6.56. The molecule has 0 saturated carbocycles. The molecule has 0 bridgehead atoms. The van der Waals surface area contributed by atoms with Crippen molar-refractivity contribution in [3.05, 3.63) is 58.4 Å². The summed E-state index contributed by atoms with van der Waals surface area (Å²) in [7, 11) is 0. The van der Waals surface area contributed by atoms with Gasteiger partial charge in [0.2, 0.25) is 0 Å². The highest BCUT2D eigenvalue weighted by atomic mass is 35.5. The van der Waals surface area contributed by atoms with Crippen LogP contribution in [0, 0.1) is 0 Å². The monoisotopic (exact) mass is 434 g/mol. The van der Waals surface area contributed by atoms with E-state index >= 15 is 0 Å². The minimum atomic E-state index is -0.640. The molecular formula is C19H15ClN2O4S2. The Bertz CT molecular complexity index is 1050. The molecular weight excluding hydrogens is 420 g/mol. The van der Waals surface area contributed by atoms with E-state index in [1.807, 2.05) is 30.3 Å². The Morgan fingerprint density at radius 2 is 1.89 bits per heavy atom. The normalized spacial score (nSPS) is 10.6. The van der Waals surface area contributed by atoms with E-state index in [0.717, 1.165) is 27.0 Å². The second-order valence-corrected chi connectivity index (χ2v) is 7.96. The molecule has 0 unspecified atom stereocenters. The van der Waals surface area contributed by atoms with Crippen molar-refractivity contribution in [3.63, 3.8) is 0 Å². The van der Waals surface area contributed by atoms with Crippen LogP contribution in [-0.2, 0) is 14.3 Å². The number of carbonyl (C=O) groups is 3. The summed E-state index contributed by atoms with van der Waals surface area (Å²) in [5, 5.41) is 6.93. The number of benzene rings is 2. The molecule has 2 amide bonds. The molecule has 28 heavy (non-hydrogen) atoms. The first-order chi connectivity index (χ1) is 13.5. The molecule has 3 rings (SSSR count). The maximum absolute atomic E-state index is 12.0. The van der Waals surface area contributed by atoms with Crippen molar-refractivity contribution in [1.82, 2.24) is 0 Å². The molecule has 0 fully saturated rings. The minimum absolute atomic E-state index is 0.0309. The molecule has 0 aliphatic carbocycles. The van der Waals surface area contributed by atoms with Crippen LogP contribution in [0.4, 0.5) is 5.00 Å². The third-order valence-electron chi connectivity index (χ3n) is 3.71. The number of nitrogens with one attached hydrogen (secondary N) is 1. The second-order valence-electron chi connectivity index (χ2n) is 5.62. The fourth-order valence-electron chi connectivity index (χ4n) is 2.47. The third-order valence-corrected chi connectivity index (χ3v) is 5.89. The lowest BCUT2D eigenvalue weighted by atomic mass is 10.1. The number of hydrogen-bond acceptors (Lipinski definition) is 6. The maximum Gasteiger partial charge on any atom is 0.316 e. The van der Waals surface area contributed by atoms with Gasteiger partial charge in [0, 0.05) is 15.3 Å². The second kappa shape index (κ2) is 9.09. The van der Waals surface area contributed by atoms with Crippen molar-refractivity contribution in [2.24, 2.45) is 5.73 Å². The lowest BCUT2D eigenvalue weighted by molar-refractivity contribution is -0.144. The van der Waals surface area contributed by atoms with E-state index in [0.29, 0.717) is 10.0 Å². The summed E-state index contributed by atoms with van der Waals surface area (Å²) < 4.78 is 5.00. The number of primary amides is 1. The average molecular weight is 435 g/mol. The van der Waals surface area contributed by atoms with Crippen molar-refractivity contribution in [1.29, 1.82) is 0 Å². The molecule has 1 aromatic heterocycles. The van der Waals surface area contributed by atoms with Crippen LogP contribution >= 0.6 is 34.7 Å². The summed E-state index contributed by atoms with van der Waals surface area (Å²) >= 11 is 8.71. The van der Waals surface area contributed by atoms with Gasteiger partial charge in [-0.2, -0.15) is 0 Å². The van der Waals surface area contributed by atoms with Gasteiger partial charge in [0.25, 0.3) is 11.8 Å². The first-order valence-corrected chi connectivity index (χ1v) is 10.3. The molecule has 0 aliphatic heterocycles. The maximum atomic E-state index is 12.0. The molecule has 3 aromatic rings. The van der Waals surface area contributed by atoms with Gasteiger partial charge in [-0.3, -0.25) is 14.4 Å². The summed E-state index contributed by atoms with van der Waals surface area (Å²) in [6, 6.07) is 12.8. The van der Waals surface area contributed by atoms with Crippen molar-refractivity contribution >= 4 is 68.3 Å². The summed E-state index contributed by atoms with van der Waals surface area (Å²) in [4.78, 5) is 36.0. The van der Waals surface area contributed by atoms with Crippen LogP contribution in [0.15, 0.2) is 52.7 Å². The van der Waals surface area contributed by atoms with Gasteiger partial charge < -0.3 is 15.8 Å². The lowest BCUT2D eigenvalue weighted by Crippen LogP contribution is -2.22. The Hall–Kier alpha value is -2.55. The van der Waals surface area contributed by atoms with Gasteiger partial charge in [0.1, 0.15) is 5.00 Å². The Labute approximate surface area is 174 Å². The average Bonchev–Trinajstić information content (AvgIpc) is 3.13. The molecule has 6 nitrogen and oxygen atoms in total. The summed E-state index contributed by atoms with van der Waals surface area (Å²) in [5.74, 6) is -1.69. The van der Waals surface area contributed by atoms with Gasteiger partial charge in [0.15, 0.2) is 6.61 Å². The zero-order valence-electron chi connectivity index (χ0n) is 14.4. The van der Waals surface area contributed by atoms with Gasteiger partial charge in [-0.1, -0.05) is 35.9 Å². The number of carbonyl (C=O) groups excluding carboxylic acids is 3. The number of fused-ring (bicyclic) bond motifs is 1. The van der Waals surface area contributed by atoms with E-state index in [1.54, 1.807) is 11.4 Å². The van der Waals surface area contributed by atoms with E-state index in [2.05, 4.69) is 5.32 Å². The van der Waals surface area contributed by atoms with Crippen molar-refractivity contribution in [2.75, 3.05) is 17.7 Å². The van der Waals surface area contributed by atoms with E-state index < -0.39 is 24.4 Å². The third kappa shape index (κ3) is 4.83. The molecule has 144 valence electrons. The van der Waals surface area contributed by atoms with Gasteiger partial charge >= 0.3 is 5.97 Å². The van der Waals surface area contributed by atoms with Gasteiger partial charge in [0.05, 0.1) is 11.3 Å². The number of nitrogens with two attached hydrogens (primary N) is 1. The van der Waals surface area contributed by atoms with E-state index in [4.69, 9.17) is 22.1 Å². The Balaban J connectivity index is 1.53. The van der Waals surface area contributed by atoms with Crippen LogP contribution < -0.4 is 11.1 Å². The standard InChI is InChI=1S/C19H15ClN2O4S2/c20-13-5-1-3-11-4-2-6-14(17(11)13)28-10-16(24)26-9-15(23)22-19-12(18(21)25)7-8-27-19/h1-8H,9-10H2,(H2,21,25)(H,22,23). The predicted octanol–water partition coefficient (Wildman–Crippen LogP) is 3.93. The first kappa shape index (κ1) is 20.2. The highest BCUT2D eigenvalue weighted by molar-refractivity contribution is 8.00. The highest BCUT2D eigenvalue weighted by Gasteiger charge is 2.14. The van der Waals surface area contributed by atoms with Gasteiger partial charge in [-0.05, 0) is 29.0 Å². The molecule has 1 heterocycles. The number of ether oxygens (including phenoxy) is 1. The molecule has 0 radical (unpaired) electrons. The van der Waals surface area contributed by atoms with Crippen LogP contribution in [0.2, 0.25) is 5.02 Å². The van der Waals surface area contributed by atoms with Gasteiger partial charge in [-0.15, -0.1) is 23.1 Å². The fraction of sp³-hybridized carbons (Fsp3) is 0.105. The molecule has 0 saturated heterocycles. The van der Waals surface area contributed by atoms with Crippen LogP contribution in [0.25, 0.3) is 10.8 Å². The Morgan fingerprint density at radius 3 is 2.64 bits per heavy atom. The fourth-order valence-corrected chi connectivity index (χ4v) is 4.52. The van der Waals surface area contributed by atoms with Crippen LogP contribution in [0.5, 0.6) is 0 Å². The topological polar surface area (TPSA) is 98.5 Å². The van der Waals surface area contributed by atoms with E-state index in [1.165, 1.54) is 17.8 Å². The SMILES string of the molecule is NC(=O)c1ccsc1NC(=O)COC(=O)CSc1cccc2cccc(Cl)c12. The molecule has 3 N–H and O–H groups in total. The predicted molar refractivity (Wildman–Crippen MR) is 112 cm³/mol. The smallest absolute Gasteiger partial charge is 0.316 e. The number of anilines is 1. The number of hydrogen-bond donors (Lipinski definition) is 2. The minimum Gasteiger partial charge on any atom is -0.455 e. The van der Waals surface area contributed by atoms with Crippen molar-refractivity contribution < 1.29 is 19.1 Å². The quantitative estimate of drug-likeness (QED) is 0.433. The molecule has 0 atom stereocenters. The van der Waals surface area contributed by atoms with Crippen LogP contribution in [0.3, 0.4) is 0 Å². The van der Waals surface area contributed by atoms with Gasteiger partial charge in [-0.25, -0.2) is 0 Å². The molecule has 0 spiro atoms. The zero-order chi connectivity index (χ0) is 20.1. The number of thioether (sulfide) groups is 1. The number of thiophene rings is 1. The first-order valence-electron chi connectivity index (χ1n) is 8.08.